The summed E-state index contributed by atoms with van der Waals surface area (Å²) in [5, 5.41) is 9.13. The number of carbonyl (C=O) groups is 1. The minimum absolute atomic E-state index is 0.202. The second kappa shape index (κ2) is 6.68. The van der Waals surface area contributed by atoms with Crippen LogP contribution in [0.25, 0.3) is 0 Å². The number of piperidine rings is 1. The topological polar surface area (TPSA) is 69.6 Å². The Kier molecular flexibility index (Phi) is 4.75. The molecule has 0 amide bonds. The summed E-state index contributed by atoms with van der Waals surface area (Å²) in [6, 6.07) is 1.66. The molecule has 9 heteroatoms. The molecule has 2 fully saturated rings. The van der Waals surface area contributed by atoms with Gasteiger partial charge < -0.3 is 14.9 Å². The monoisotopic (exact) mass is 358 g/mol. The predicted octanol–water partition coefficient (Wildman–Crippen LogP) is 2.41. The smallest absolute Gasteiger partial charge is 0.394 e. The number of aliphatic carboxylic acids is 1. The van der Waals surface area contributed by atoms with Gasteiger partial charge in [0.1, 0.15) is 18.0 Å². The van der Waals surface area contributed by atoms with E-state index in [1.807, 2.05) is 0 Å². The lowest BCUT2D eigenvalue weighted by atomic mass is 9.96. The maximum atomic E-state index is 13.1. The third-order valence-electron chi connectivity index (χ3n) is 5.00. The number of rotatable bonds is 3. The first kappa shape index (κ1) is 17.8. The third kappa shape index (κ3) is 3.80. The van der Waals surface area contributed by atoms with Gasteiger partial charge in [0, 0.05) is 32.2 Å². The molecular weight excluding hydrogens is 337 g/mol. The Morgan fingerprint density at radius 2 is 1.88 bits per heavy atom. The maximum absolute atomic E-state index is 13.1. The summed E-state index contributed by atoms with van der Waals surface area (Å²) < 4.78 is 39.4. The number of hydrogen-bond donors (Lipinski definition) is 1. The van der Waals surface area contributed by atoms with E-state index >= 15 is 0 Å². The van der Waals surface area contributed by atoms with Crippen LogP contribution in [0.15, 0.2) is 12.4 Å². The molecule has 3 rings (SSSR count). The molecule has 1 aromatic rings. The molecule has 3 atom stereocenters. The van der Waals surface area contributed by atoms with Crippen LogP contribution in [-0.4, -0.2) is 53.4 Å². The van der Waals surface area contributed by atoms with Crippen LogP contribution in [0.3, 0.4) is 0 Å². The molecule has 3 heterocycles. The summed E-state index contributed by atoms with van der Waals surface area (Å²) in [7, 11) is 0. The van der Waals surface area contributed by atoms with Crippen molar-refractivity contribution in [2.24, 2.45) is 17.8 Å². The first-order valence-corrected chi connectivity index (χ1v) is 8.37. The predicted molar refractivity (Wildman–Crippen MR) is 85.5 cm³/mol. The lowest BCUT2D eigenvalue weighted by Gasteiger charge is -2.32. The quantitative estimate of drug-likeness (QED) is 0.895. The standard InChI is InChI=1S/C16H21F3N4O2/c1-10-3-2-4-22(6-10)13-5-14(21-9-20-13)23-7-11(15(24)25)12(8-23)16(17,18)19/h5,9-12H,2-4,6-8H2,1H3,(H,24,25)/t10?,11-,12-/m1/s1. The van der Waals surface area contributed by atoms with Crippen LogP contribution in [0.4, 0.5) is 24.8 Å². The first-order valence-electron chi connectivity index (χ1n) is 8.37. The largest absolute Gasteiger partial charge is 0.481 e. The minimum atomic E-state index is -4.55. The fourth-order valence-electron chi connectivity index (χ4n) is 3.65. The van der Waals surface area contributed by atoms with Crippen molar-refractivity contribution >= 4 is 17.6 Å². The molecular formula is C16H21F3N4O2. The molecule has 0 aromatic carbocycles. The third-order valence-corrected chi connectivity index (χ3v) is 5.00. The van der Waals surface area contributed by atoms with Crippen LogP contribution in [0, 0.1) is 17.8 Å². The van der Waals surface area contributed by atoms with Crippen molar-refractivity contribution in [3.05, 3.63) is 12.4 Å². The Bertz CT molecular complexity index is 640. The lowest BCUT2D eigenvalue weighted by molar-refractivity contribution is -0.187. The number of halogens is 3. The fraction of sp³-hybridized carbons (Fsp3) is 0.688. The first-order chi connectivity index (χ1) is 11.8. The number of hydrogen-bond acceptors (Lipinski definition) is 5. The molecule has 138 valence electrons. The highest BCUT2D eigenvalue weighted by Crippen LogP contribution is 2.39. The van der Waals surface area contributed by atoms with Crippen molar-refractivity contribution in [3.8, 4) is 0 Å². The van der Waals surface area contributed by atoms with Gasteiger partial charge in [-0.2, -0.15) is 13.2 Å². The normalized spacial score (nSPS) is 27.6. The van der Waals surface area contributed by atoms with E-state index in [9.17, 15) is 18.0 Å². The highest BCUT2D eigenvalue weighted by molar-refractivity contribution is 5.72. The van der Waals surface area contributed by atoms with Crippen LogP contribution in [0.1, 0.15) is 19.8 Å². The van der Waals surface area contributed by atoms with Gasteiger partial charge >= 0.3 is 12.1 Å². The van der Waals surface area contributed by atoms with Gasteiger partial charge in [0.25, 0.3) is 0 Å². The minimum Gasteiger partial charge on any atom is -0.481 e. The fourth-order valence-corrected chi connectivity index (χ4v) is 3.65. The zero-order chi connectivity index (χ0) is 18.2. The van der Waals surface area contributed by atoms with E-state index in [1.54, 1.807) is 6.07 Å². The maximum Gasteiger partial charge on any atom is 0.394 e. The summed E-state index contributed by atoms with van der Waals surface area (Å²) in [6.45, 7) is 3.25. The van der Waals surface area contributed by atoms with E-state index < -0.39 is 30.5 Å². The van der Waals surface area contributed by atoms with Crippen molar-refractivity contribution in [1.29, 1.82) is 0 Å². The molecule has 1 N–H and O–H groups in total. The summed E-state index contributed by atoms with van der Waals surface area (Å²) in [5.41, 5.74) is 0. The highest BCUT2D eigenvalue weighted by Gasteiger charge is 2.52. The van der Waals surface area contributed by atoms with E-state index in [2.05, 4.69) is 21.8 Å². The molecule has 2 aliphatic heterocycles. The average molecular weight is 358 g/mol. The van der Waals surface area contributed by atoms with E-state index in [-0.39, 0.29) is 6.54 Å². The molecule has 0 saturated carbocycles. The van der Waals surface area contributed by atoms with E-state index in [4.69, 9.17) is 5.11 Å². The Hall–Kier alpha value is -2.06. The summed E-state index contributed by atoms with van der Waals surface area (Å²) in [6.07, 6.45) is -1.02. The lowest BCUT2D eigenvalue weighted by Crippen LogP contribution is -2.35. The van der Waals surface area contributed by atoms with Crippen molar-refractivity contribution in [2.75, 3.05) is 36.0 Å². The molecule has 0 aliphatic carbocycles. The molecule has 1 aromatic heterocycles. The Balaban J connectivity index is 1.80. The number of anilines is 2. The van der Waals surface area contributed by atoms with Crippen molar-refractivity contribution < 1.29 is 23.1 Å². The van der Waals surface area contributed by atoms with Crippen molar-refractivity contribution in [1.82, 2.24) is 9.97 Å². The number of carboxylic acid groups (broad SMARTS) is 1. The second-order valence-corrected chi connectivity index (χ2v) is 6.93. The highest BCUT2D eigenvalue weighted by atomic mass is 19.4. The molecule has 25 heavy (non-hydrogen) atoms. The van der Waals surface area contributed by atoms with Gasteiger partial charge in [-0.05, 0) is 18.8 Å². The van der Waals surface area contributed by atoms with Crippen molar-refractivity contribution in [2.45, 2.75) is 25.9 Å². The van der Waals surface area contributed by atoms with Gasteiger partial charge in [-0.1, -0.05) is 6.92 Å². The Labute approximate surface area is 143 Å². The number of aromatic nitrogens is 2. The van der Waals surface area contributed by atoms with Crippen LogP contribution < -0.4 is 9.80 Å². The van der Waals surface area contributed by atoms with Crippen molar-refractivity contribution in [3.63, 3.8) is 0 Å². The van der Waals surface area contributed by atoms with Gasteiger partial charge in [0.05, 0.1) is 11.8 Å². The van der Waals surface area contributed by atoms with Crippen LogP contribution >= 0.6 is 0 Å². The zero-order valence-electron chi connectivity index (χ0n) is 13.9. The van der Waals surface area contributed by atoms with Crippen LogP contribution in [0.2, 0.25) is 0 Å². The van der Waals surface area contributed by atoms with Gasteiger partial charge in [0.2, 0.25) is 0 Å². The van der Waals surface area contributed by atoms with E-state index in [0.29, 0.717) is 17.6 Å². The molecule has 2 aliphatic rings. The molecule has 1 unspecified atom stereocenters. The number of nitrogens with zero attached hydrogens (tertiary/aromatic N) is 4. The Morgan fingerprint density at radius 1 is 1.20 bits per heavy atom. The second-order valence-electron chi connectivity index (χ2n) is 6.93. The number of carboxylic acids is 1. The van der Waals surface area contributed by atoms with Crippen LogP contribution in [0.5, 0.6) is 0 Å². The molecule has 6 nitrogen and oxygen atoms in total. The molecule has 0 radical (unpaired) electrons. The zero-order valence-corrected chi connectivity index (χ0v) is 13.9. The molecule has 2 saturated heterocycles. The summed E-state index contributed by atoms with van der Waals surface area (Å²) in [5.74, 6) is -3.24. The summed E-state index contributed by atoms with van der Waals surface area (Å²) in [4.78, 5) is 23.0. The van der Waals surface area contributed by atoms with Gasteiger partial charge in [0.15, 0.2) is 0 Å². The van der Waals surface area contributed by atoms with E-state index in [0.717, 1.165) is 25.9 Å². The Morgan fingerprint density at radius 3 is 2.44 bits per heavy atom. The van der Waals surface area contributed by atoms with E-state index in [1.165, 1.54) is 11.2 Å². The molecule has 0 spiro atoms. The summed E-state index contributed by atoms with van der Waals surface area (Å²) >= 11 is 0. The van der Waals surface area contributed by atoms with Gasteiger partial charge in [-0.25, -0.2) is 9.97 Å². The number of alkyl halides is 3. The van der Waals surface area contributed by atoms with Crippen LogP contribution in [-0.2, 0) is 4.79 Å². The van der Waals surface area contributed by atoms with Gasteiger partial charge in [-0.15, -0.1) is 0 Å². The average Bonchev–Trinajstić information content (AvgIpc) is 3.01. The molecule has 0 bridgehead atoms. The SMILES string of the molecule is CC1CCCN(c2cc(N3C[C@@H](C(F)(F)F)[C@H](C(=O)O)C3)ncn2)C1. The van der Waals surface area contributed by atoms with Gasteiger partial charge in [-0.3, -0.25) is 4.79 Å².